The van der Waals surface area contributed by atoms with Gasteiger partial charge in [0.25, 0.3) is 5.91 Å². The number of carbonyl (C=O) groups is 2. The molecule has 3 rings (SSSR count). The number of pyridine rings is 1. The van der Waals surface area contributed by atoms with Gasteiger partial charge in [0.15, 0.2) is 0 Å². The predicted molar refractivity (Wildman–Crippen MR) is 101 cm³/mol. The van der Waals surface area contributed by atoms with Crippen LogP contribution in [0.5, 0.6) is 0 Å². The van der Waals surface area contributed by atoms with Crippen molar-refractivity contribution in [2.24, 2.45) is 0 Å². The molecule has 1 saturated heterocycles. The minimum absolute atomic E-state index is 0.0993. The Hall–Kier alpha value is -2.77. The molecule has 0 saturated carbocycles. The Labute approximate surface area is 158 Å². The summed E-state index contributed by atoms with van der Waals surface area (Å²) in [6, 6.07) is 10.3. The summed E-state index contributed by atoms with van der Waals surface area (Å²) in [4.78, 5) is 29.6. The first-order valence-corrected chi connectivity index (χ1v) is 9.01. The molecule has 0 spiro atoms. The third-order valence-electron chi connectivity index (χ3n) is 4.49. The third-order valence-corrected chi connectivity index (χ3v) is 4.49. The number of aromatic nitrogens is 1. The fourth-order valence-corrected chi connectivity index (χ4v) is 2.91. The SMILES string of the molecule is O=C(O)c1ccc(-c2ccc(C(=O)NCCCN3CCOCC3)cc2)nc1. The van der Waals surface area contributed by atoms with Crippen LogP contribution in [-0.4, -0.2) is 66.3 Å². The summed E-state index contributed by atoms with van der Waals surface area (Å²) in [6.07, 6.45) is 2.23. The van der Waals surface area contributed by atoms with E-state index in [-0.39, 0.29) is 11.5 Å². The number of ether oxygens (including phenoxy) is 1. The van der Waals surface area contributed by atoms with Crippen LogP contribution in [0.1, 0.15) is 27.1 Å². The van der Waals surface area contributed by atoms with E-state index >= 15 is 0 Å². The minimum atomic E-state index is -1.00. The molecule has 7 nitrogen and oxygen atoms in total. The smallest absolute Gasteiger partial charge is 0.337 e. The number of nitrogens with zero attached hydrogens (tertiary/aromatic N) is 2. The number of nitrogens with one attached hydrogen (secondary N) is 1. The van der Waals surface area contributed by atoms with Crippen molar-refractivity contribution in [3.8, 4) is 11.3 Å². The number of carboxylic acid groups (broad SMARTS) is 1. The molecule has 0 aliphatic carbocycles. The number of benzene rings is 1. The van der Waals surface area contributed by atoms with E-state index in [0.717, 1.165) is 44.8 Å². The molecule has 0 atom stereocenters. The average molecular weight is 369 g/mol. The molecule has 1 aromatic heterocycles. The lowest BCUT2D eigenvalue weighted by atomic mass is 10.1. The van der Waals surface area contributed by atoms with Gasteiger partial charge in [-0.15, -0.1) is 0 Å². The van der Waals surface area contributed by atoms with Crippen LogP contribution in [0.4, 0.5) is 0 Å². The summed E-state index contributed by atoms with van der Waals surface area (Å²) >= 11 is 0. The topological polar surface area (TPSA) is 91.8 Å². The lowest BCUT2D eigenvalue weighted by molar-refractivity contribution is 0.0374. The van der Waals surface area contributed by atoms with Crippen molar-refractivity contribution in [3.63, 3.8) is 0 Å². The standard InChI is InChI=1S/C20H23N3O4/c24-19(21-8-1-9-23-10-12-27-13-11-23)16-4-2-15(3-5-16)18-7-6-17(14-22-18)20(25)26/h2-7,14H,1,8-13H2,(H,21,24)(H,25,26). The summed E-state index contributed by atoms with van der Waals surface area (Å²) in [6.45, 7) is 5.07. The molecule has 0 bridgehead atoms. The largest absolute Gasteiger partial charge is 0.478 e. The number of aromatic carboxylic acids is 1. The quantitative estimate of drug-likeness (QED) is 0.725. The molecule has 1 aliphatic heterocycles. The van der Waals surface area contributed by atoms with Crippen molar-refractivity contribution in [2.45, 2.75) is 6.42 Å². The van der Waals surface area contributed by atoms with Gasteiger partial charge in [-0.05, 0) is 37.2 Å². The van der Waals surface area contributed by atoms with Gasteiger partial charge in [0, 0.05) is 37.0 Å². The molecular weight excluding hydrogens is 346 g/mol. The second-order valence-corrected chi connectivity index (χ2v) is 6.38. The number of rotatable bonds is 7. The van der Waals surface area contributed by atoms with E-state index in [2.05, 4.69) is 15.2 Å². The predicted octanol–water partition coefficient (Wildman–Crippen LogP) is 1.90. The summed E-state index contributed by atoms with van der Waals surface area (Å²) in [5.41, 5.74) is 2.23. The fourth-order valence-electron chi connectivity index (χ4n) is 2.91. The van der Waals surface area contributed by atoms with Crippen molar-refractivity contribution in [1.29, 1.82) is 0 Å². The maximum absolute atomic E-state index is 12.2. The number of hydrogen-bond acceptors (Lipinski definition) is 5. The first-order chi connectivity index (χ1) is 13.1. The molecule has 2 heterocycles. The second kappa shape index (κ2) is 9.25. The lowest BCUT2D eigenvalue weighted by Gasteiger charge is -2.26. The third kappa shape index (κ3) is 5.35. The van der Waals surface area contributed by atoms with Gasteiger partial charge in [-0.1, -0.05) is 12.1 Å². The van der Waals surface area contributed by atoms with Gasteiger partial charge in [-0.25, -0.2) is 4.79 Å². The molecule has 27 heavy (non-hydrogen) atoms. The number of hydrogen-bond donors (Lipinski definition) is 2. The van der Waals surface area contributed by atoms with E-state index in [1.807, 2.05) is 12.1 Å². The zero-order valence-corrected chi connectivity index (χ0v) is 15.1. The maximum Gasteiger partial charge on any atom is 0.337 e. The Morgan fingerprint density at radius 2 is 1.78 bits per heavy atom. The molecule has 0 radical (unpaired) electrons. The molecule has 142 valence electrons. The monoisotopic (exact) mass is 369 g/mol. The van der Waals surface area contributed by atoms with Crippen molar-refractivity contribution in [1.82, 2.24) is 15.2 Å². The number of morpholine rings is 1. The molecule has 1 aliphatic rings. The highest BCUT2D eigenvalue weighted by Gasteiger charge is 2.10. The zero-order chi connectivity index (χ0) is 19.1. The second-order valence-electron chi connectivity index (χ2n) is 6.38. The van der Waals surface area contributed by atoms with E-state index in [0.29, 0.717) is 17.8 Å². The van der Waals surface area contributed by atoms with Crippen LogP contribution in [0.3, 0.4) is 0 Å². The van der Waals surface area contributed by atoms with Crippen molar-refractivity contribution < 1.29 is 19.4 Å². The van der Waals surface area contributed by atoms with Crippen LogP contribution in [0.25, 0.3) is 11.3 Å². The molecule has 2 aromatic rings. The van der Waals surface area contributed by atoms with Crippen molar-refractivity contribution in [2.75, 3.05) is 39.4 Å². The average Bonchev–Trinajstić information content (AvgIpc) is 2.72. The fraction of sp³-hybridized carbons (Fsp3) is 0.350. The number of amides is 1. The van der Waals surface area contributed by atoms with Gasteiger partial charge >= 0.3 is 5.97 Å². The molecule has 1 fully saturated rings. The van der Waals surface area contributed by atoms with E-state index in [1.165, 1.54) is 12.3 Å². The van der Waals surface area contributed by atoms with Gasteiger partial charge in [-0.2, -0.15) is 0 Å². The van der Waals surface area contributed by atoms with Crippen LogP contribution in [0, 0.1) is 0 Å². The van der Waals surface area contributed by atoms with Crippen LogP contribution < -0.4 is 5.32 Å². The Morgan fingerprint density at radius 1 is 1.07 bits per heavy atom. The van der Waals surface area contributed by atoms with Crippen molar-refractivity contribution in [3.05, 3.63) is 53.7 Å². The van der Waals surface area contributed by atoms with Crippen LogP contribution in [-0.2, 0) is 4.74 Å². The Bertz CT molecular complexity index is 769. The minimum Gasteiger partial charge on any atom is -0.478 e. The highest BCUT2D eigenvalue weighted by atomic mass is 16.5. The van der Waals surface area contributed by atoms with E-state index in [9.17, 15) is 9.59 Å². The van der Waals surface area contributed by atoms with Gasteiger partial charge < -0.3 is 15.2 Å². The first-order valence-electron chi connectivity index (χ1n) is 9.01. The molecule has 7 heteroatoms. The summed E-state index contributed by atoms with van der Waals surface area (Å²) in [5.74, 6) is -1.10. The van der Waals surface area contributed by atoms with Crippen LogP contribution in [0.15, 0.2) is 42.6 Å². The van der Waals surface area contributed by atoms with Gasteiger partial charge in [-0.3, -0.25) is 14.7 Å². The summed E-state index contributed by atoms with van der Waals surface area (Å²) in [7, 11) is 0. The molecule has 2 N–H and O–H groups in total. The van der Waals surface area contributed by atoms with Crippen LogP contribution >= 0.6 is 0 Å². The van der Waals surface area contributed by atoms with Gasteiger partial charge in [0.05, 0.1) is 24.5 Å². The lowest BCUT2D eigenvalue weighted by Crippen LogP contribution is -2.38. The Balaban J connectivity index is 1.48. The molecule has 1 amide bonds. The maximum atomic E-state index is 12.2. The number of carboxylic acids is 1. The van der Waals surface area contributed by atoms with E-state index < -0.39 is 5.97 Å². The van der Waals surface area contributed by atoms with Gasteiger partial charge in [0.1, 0.15) is 0 Å². The molecule has 0 unspecified atom stereocenters. The molecule has 1 aromatic carbocycles. The van der Waals surface area contributed by atoms with Crippen molar-refractivity contribution >= 4 is 11.9 Å². The Morgan fingerprint density at radius 3 is 2.41 bits per heavy atom. The number of carbonyl (C=O) groups excluding carboxylic acids is 1. The summed E-state index contributed by atoms with van der Waals surface area (Å²) < 4.78 is 5.32. The van der Waals surface area contributed by atoms with E-state index in [4.69, 9.17) is 9.84 Å². The van der Waals surface area contributed by atoms with Gasteiger partial charge in [0.2, 0.25) is 0 Å². The molecular formula is C20H23N3O4. The normalized spacial score (nSPS) is 14.7. The summed E-state index contributed by atoms with van der Waals surface area (Å²) in [5, 5.41) is 11.9. The first kappa shape index (κ1) is 19.0. The highest BCUT2D eigenvalue weighted by molar-refractivity contribution is 5.94. The zero-order valence-electron chi connectivity index (χ0n) is 15.1. The van der Waals surface area contributed by atoms with Crippen LogP contribution in [0.2, 0.25) is 0 Å². The van der Waals surface area contributed by atoms with E-state index in [1.54, 1.807) is 18.2 Å². The highest BCUT2D eigenvalue weighted by Crippen LogP contribution is 2.18. The Kier molecular flexibility index (Phi) is 6.51.